The third kappa shape index (κ3) is 6.19. The highest BCUT2D eigenvalue weighted by Gasteiger charge is 2.31. The first-order valence-electron chi connectivity index (χ1n) is 12.5. The fraction of sp³-hybridized carbons (Fsp3) is 0.500. The maximum absolute atomic E-state index is 12.8. The predicted octanol–water partition coefficient (Wildman–Crippen LogP) is 6.74. The quantitative estimate of drug-likeness (QED) is 0.383. The Balaban J connectivity index is 1.71. The summed E-state index contributed by atoms with van der Waals surface area (Å²) in [5.74, 6) is -0.182. The number of hydrogen-bond acceptors (Lipinski definition) is 3. The van der Waals surface area contributed by atoms with E-state index in [0.717, 1.165) is 60.2 Å². The first-order chi connectivity index (χ1) is 16.6. The lowest BCUT2D eigenvalue weighted by atomic mass is 9.82. The van der Waals surface area contributed by atoms with Gasteiger partial charge in [0.05, 0.1) is 0 Å². The molecule has 3 aromatic rings. The highest BCUT2D eigenvalue weighted by Crippen LogP contribution is 2.37. The zero-order valence-corrected chi connectivity index (χ0v) is 20.9. The summed E-state index contributed by atoms with van der Waals surface area (Å²) in [6.07, 6.45) is 1.26. The minimum atomic E-state index is -4.71. The number of fused-ring (bicyclic) bond motifs is 1. The van der Waals surface area contributed by atoms with Gasteiger partial charge in [-0.25, -0.2) is 0 Å². The molecule has 0 spiro atoms. The molecule has 190 valence electrons. The molecule has 35 heavy (non-hydrogen) atoms. The fourth-order valence-corrected chi connectivity index (χ4v) is 5.00. The minimum absolute atomic E-state index is 0.182. The van der Waals surface area contributed by atoms with Gasteiger partial charge in [-0.15, -0.1) is 13.2 Å². The molecule has 1 fully saturated rings. The van der Waals surface area contributed by atoms with E-state index in [1.54, 1.807) is 6.07 Å². The van der Waals surface area contributed by atoms with Crippen molar-refractivity contribution in [2.75, 3.05) is 19.6 Å². The molecule has 2 aromatic carbocycles. The summed E-state index contributed by atoms with van der Waals surface area (Å²) >= 11 is 0. The Hall–Kier alpha value is -2.51. The van der Waals surface area contributed by atoms with Crippen LogP contribution in [0, 0.1) is 5.41 Å². The number of alkyl halides is 3. The molecule has 0 unspecified atom stereocenters. The molecule has 0 amide bonds. The molecule has 0 aliphatic carbocycles. The second kappa shape index (κ2) is 10.2. The van der Waals surface area contributed by atoms with Gasteiger partial charge in [0.1, 0.15) is 5.75 Å². The number of ether oxygens (including phenoxy) is 1. The van der Waals surface area contributed by atoms with Gasteiger partial charge in [-0.2, -0.15) is 0 Å². The van der Waals surface area contributed by atoms with E-state index in [2.05, 4.69) is 52.4 Å². The van der Waals surface area contributed by atoms with Gasteiger partial charge in [0.25, 0.3) is 0 Å². The van der Waals surface area contributed by atoms with Crippen molar-refractivity contribution in [1.82, 2.24) is 9.47 Å². The first-order valence-corrected chi connectivity index (χ1v) is 12.5. The van der Waals surface area contributed by atoms with Crippen LogP contribution < -0.4 is 10.5 Å². The van der Waals surface area contributed by atoms with E-state index in [1.165, 1.54) is 30.5 Å². The van der Waals surface area contributed by atoms with Crippen LogP contribution in [0.15, 0.2) is 42.6 Å². The molecule has 4 nitrogen and oxygen atoms in total. The van der Waals surface area contributed by atoms with Gasteiger partial charge >= 0.3 is 6.36 Å². The van der Waals surface area contributed by atoms with E-state index in [-0.39, 0.29) is 5.75 Å². The molecule has 0 saturated carbocycles. The Morgan fingerprint density at radius 3 is 2.43 bits per heavy atom. The SMILES string of the molecule is CCc1cc(OC(F)(F)F)ccc1-c1cn(CCCN)c2ccc(CN3CCC(C)(C)CC3)cc12. The molecule has 0 atom stereocenters. The largest absolute Gasteiger partial charge is 0.573 e. The molecule has 2 heterocycles. The lowest BCUT2D eigenvalue weighted by Gasteiger charge is -2.36. The van der Waals surface area contributed by atoms with Crippen LogP contribution in [0.1, 0.15) is 51.2 Å². The van der Waals surface area contributed by atoms with Crippen molar-refractivity contribution in [2.24, 2.45) is 11.1 Å². The van der Waals surface area contributed by atoms with Gasteiger partial charge in [-0.1, -0.05) is 32.9 Å². The number of rotatable bonds is 8. The summed E-state index contributed by atoms with van der Waals surface area (Å²) in [4.78, 5) is 2.51. The van der Waals surface area contributed by atoms with E-state index in [0.29, 0.717) is 18.4 Å². The zero-order valence-electron chi connectivity index (χ0n) is 20.9. The lowest BCUT2D eigenvalue weighted by Crippen LogP contribution is -2.36. The number of piperidine rings is 1. The number of hydrogen-bond donors (Lipinski definition) is 1. The second-order valence-corrected chi connectivity index (χ2v) is 10.4. The summed E-state index contributed by atoms with van der Waals surface area (Å²) in [7, 11) is 0. The molecule has 0 bridgehead atoms. The van der Waals surface area contributed by atoms with E-state index in [9.17, 15) is 13.2 Å². The van der Waals surface area contributed by atoms with Crippen molar-refractivity contribution in [2.45, 2.75) is 65.9 Å². The summed E-state index contributed by atoms with van der Waals surface area (Å²) < 4.78 is 44.7. The average Bonchev–Trinajstić information content (AvgIpc) is 3.15. The molecule has 1 aliphatic rings. The van der Waals surface area contributed by atoms with Crippen molar-refractivity contribution in [1.29, 1.82) is 0 Å². The molecule has 1 aromatic heterocycles. The number of nitrogens with zero attached hydrogens (tertiary/aromatic N) is 2. The molecular weight excluding hydrogens is 451 g/mol. The van der Waals surface area contributed by atoms with E-state index in [4.69, 9.17) is 5.73 Å². The van der Waals surface area contributed by atoms with Crippen LogP contribution in [0.2, 0.25) is 0 Å². The van der Waals surface area contributed by atoms with Crippen LogP contribution in [0.4, 0.5) is 13.2 Å². The second-order valence-electron chi connectivity index (χ2n) is 10.4. The lowest BCUT2D eigenvalue weighted by molar-refractivity contribution is -0.274. The topological polar surface area (TPSA) is 43.4 Å². The number of nitrogens with two attached hydrogens (primary N) is 1. The smallest absolute Gasteiger partial charge is 0.406 e. The Morgan fingerprint density at radius 1 is 1.03 bits per heavy atom. The average molecular weight is 488 g/mol. The molecule has 2 N–H and O–H groups in total. The minimum Gasteiger partial charge on any atom is -0.406 e. The van der Waals surface area contributed by atoms with Gasteiger partial charge in [-0.3, -0.25) is 4.90 Å². The molecule has 1 aliphatic heterocycles. The summed E-state index contributed by atoms with van der Waals surface area (Å²) in [5.41, 5.74) is 11.4. The predicted molar refractivity (Wildman–Crippen MR) is 135 cm³/mol. The van der Waals surface area contributed by atoms with Crippen molar-refractivity contribution in [3.05, 3.63) is 53.7 Å². The Labute approximate surface area is 205 Å². The van der Waals surface area contributed by atoms with Crippen molar-refractivity contribution in [3.63, 3.8) is 0 Å². The molecule has 0 radical (unpaired) electrons. The van der Waals surface area contributed by atoms with Gasteiger partial charge in [0.15, 0.2) is 0 Å². The van der Waals surface area contributed by atoms with E-state index < -0.39 is 6.36 Å². The standard InChI is InChI=1S/C28H36F3N3O/c1-4-21-17-22(35-28(29,30)31)7-8-23(21)25-19-34(13-5-12-32)26-9-6-20(16-24(25)26)18-33-14-10-27(2,3)11-15-33/h6-9,16-17,19H,4-5,10-15,18,32H2,1-3H3. The highest BCUT2D eigenvalue weighted by atomic mass is 19.4. The van der Waals surface area contributed by atoms with Gasteiger partial charge in [0, 0.05) is 35.8 Å². The summed E-state index contributed by atoms with van der Waals surface area (Å²) in [6, 6.07) is 11.3. The molecular formula is C28H36F3N3O. The van der Waals surface area contributed by atoms with Crippen LogP contribution in [-0.2, 0) is 19.5 Å². The highest BCUT2D eigenvalue weighted by molar-refractivity contribution is 5.97. The van der Waals surface area contributed by atoms with Crippen LogP contribution in [0.25, 0.3) is 22.0 Å². The Kier molecular flexibility index (Phi) is 7.48. The number of halogens is 3. The van der Waals surface area contributed by atoms with Gasteiger partial charge in [-0.05, 0) is 91.7 Å². The summed E-state index contributed by atoms with van der Waals surface area (Å²) in [5, 5.41) is 1.12. The molecule has 7 heteroatoms. The van der Waals surface area contributed by atoms with Crippen LogP contribution in [0.5, 0.6) is 5.75 Å². The molecule has 4 rings (SSSR count). The Bertz CT molecular complexity index is 1160. The molecule has 1 saturated heterocycles. The van der Waals surface area contributed by atoms with Crippen molar-refractivity contribution < 1.29 is 17.9 Å². The van der Waals surface area contributed by atoms with Crippen LogP contribution >= 0.6 is 0 Å². The van der Waals surface area contributed by atoms with E-state index in [1.807, 2.05) is 6.92 Å². The number of likely N-dealkylation sites (tertiary alicyclic amines) is 1. The van der Waals surface area contributed by atoms with Gasteiger partial charge in [0.2, 0.25) is 0 Å². The summed E-state index contributed by atoms with van der Waals surface area (Å²) in [6.45, 7) is 11.1. The maximum atomic E-state index is 12.8. The maximum Gasteiger partial charge on any atom is 0.573 e. The third-order valence-corrected chi connectivity index (χ3v) is 7.15. The number of aryl methyl sites for hydroxylation is 2. The van der Waals surface area contributed by atoms with Gasteiger partial charge < -0.3 is 15.0 Å². The third-order valence-electron chi connectivity index (χ3n) is 7.15. The van der Waals surface area contributed by atoms with Crippen LogP contribution in [0.3, 0.4) is 0 Å². The number of aromatic nitrogens is 1. The Morgan fingerprint density at radius 2 is 1.77 bits per heavy atom. The first kappa shape index (κ1) is 25.6. The fourth-order valence-electron chi connectivity index (χ4n) is 5.00. The van der Waals surface area contributed by atoms with E-state index >= 15 is 0 Å². The van der Waals surface area contributed by atoms with Crippen molar-refractivity contribution in [3.8, 4) is 16.9 Å². The monoisotopic (exact) mass is 487 g/mol. The zero-order chi connectivity index (χ0) is 25.2. The van der Waals surface area contributed by atoms with Crippen molar-refractivity contribution >= 4 is 10.9 Å². The number of benzene rings is 2. The van der Waals surface area contributed by atoms with Crippen LogP contribution in [-0.4, -0.2) is 35.5 Å². The normalized spacial score (nSPS) is 16.7.